The van der Waals surface area contributed by atoms with Gasteiger partial charge in [0.2, 0.25) is 11.8 Å². The van der Waals surface area contributed by atoms with Gasteiger partial charge in [-0.15, -0.1) is 11.8 Å². The Balaban J connectivity index is 1.41. The van der Waals surface area contributed by atoms with Crippen molar-refractivity contribution in [1.82, 2.24) is 20.9 Å². The van der Waals surface area contributed by atoms with Crippen molar-refractivity contribution in [2.45, 2.75) is 69.3 Å². The Kier molecular flexibility index (Phi) is 6.23. The molecule has 3 saturated heterocycles. The monoisotopic (exact) mass is 408 g/mol. The van der Waals surface area contributed by atoms with Gasteiger partial charge < -0.3 is 20.9 Å². The molecule has 4 rings (SSSR count). The van der Waals surface area contributed by atoms with Crippen molar-refractivity contribution in [2.75, 3.05) is 26.0 Å². The van der Waals surface area contributed by atoms with Crippen molar-refractivity contribution in [3.8, 4) is 0 Å². The van der Waals surface area contributed by atoms with Gasteiger partial charge in [-0.05, 0) is 56.8 Å². The van der Waals surface area contributed by atoms with Crippen molar-refractivity contribution >= 4 is 23.6 Å². The molecule has 28 heavy (non-hydrogen) atoms. The molecule has 4 aliphatic rings. The van der Waals surface area contributed by atoms with Crippen molar-refractivity contribution in [1.29, 1.82) is 0 Å². The van der Waals surface area contributed by atoms with E-state index in [1.807, 2.05) is 7.05 Å². The van der Waals surface area contributed by atoms with Crippen molar-refractivity contribution in [2.24, 2.45) is 23.7 Å². The number of carbonyl (C=O) groups is 2. The minimum absolute atomic E-state index is 0.0382. The first-order valence-electron chi connectivity index (χ1n) is 11.1. The molecule has 3 aliphatic heterocycles. The standard InChI is InChI=1S/C21H36N4O2S/c1-12-4-5-15(24-20(26)19-10-22-11-28-19)8-16(12)17-7-14-9-23-13(2)6-18(14)25(3)21(17)27/h12-19,22-23H,4-11H2,1-3H3,(H,24,26). The second-order valence-electron chi connectivity index (χ2n) is 9.58. The van der Waals surface area contributed by atoms with E-state index in [-0.39, 0.29) is 23.1 Å². The van der Waals surface area contributed by atoms with E-state index in [2.05, 4.69) is 34.7 Å². The summed E-state index contributed by atoms with van der Waals surface area (Å²) in [6.07, 6.45) is 5.15. The van der Waals surface area contributed by atoms with Gasteiger partial charge in [-0.3, -0.25) is 9.59 Å². The largest absolute Gasteiger partial charge is 0.352 e. The zero-order chi connectivity index (χ0) is 19.8. The molecule has 3 N–H and O–H groups in total. The molecule has 8 atom stereocenters. The molecule has 8 unspecified atom stereocenters. The van der Waals surface area contributed by atoms with E-state index in [1.54, 1.807) is 11.8 Å². The third kappa shape index (κ3) is 4.08. The van der Waals surface area contributed by atoms with Crippen molar-refractivity contribution < 1.29 is 9.59 Å². The second kappa shape index (κ2) is 8.52. The molecule has 158 valence electrons. The van der Waals surface area contributed by atoms with Gasteiger partial charge in [-0.2, -0.15) is 0 Å². The van der Waals surface area contributed by atoms with Gasteiger partial charge in [0.25, 0.3) is 0 Å². The molecule has 2 amide bonds. The summed E-state index contributed by atoms with van der Waals surface area (Å²) in [4.78, 5) is 27.9. The van der Waals surface area contributed by atoms with Gasteiger partial charge in [-0.25, -0.2) is 0 Å². The smallest absolute Gasteiger partial charge is 0.234 e. The fourth-order valence-electron chi connectivity index (χ4n) is 5.97. The lowest BCUT2D eigenvalue weighted by molar-refractivity contribution is -0.148. The predicted octanol–water partition coefficient (Wildman–Crippen LogP) is 1.41. The Labute approximate surface area is 173 Å². The fourth-order valence-corrected chi connectivity index (χ4v) is 6.86. The molecule has 1 aliphatic carbocycles. The molecule has 1 saturated carbocycles. The lowest BCUT2D eigenvalue weighted by atomic mass is 9.65. The Morgan fingerprint density at radius 3 is 2.75 bits per heavy atom. The molecule has 0 aromatic heterocycles. The van der Waals surface area contributed by atoms with E-state index in [0.717, 1.165) is 51.1 Å². The van der Waals surface area contributed by atoms with Crippen LogP contribution in [0.25, 0.3) is 0 Å². The van der Waals surface area contributed by atoms with Crippen LogP contribution < -0.4 is 16.0 Å². The maximum Gasteiger partial charge on any atom is 0.234 e. The second-order valence-corrected chi connectivity index (χ2v) is 10.8. The number of nitrogens with zero attached hydrogens (tertiary/aromatic N) is 1. The van der Waals surface area contributed by atoms with Gasteiger partial charge in [0.05, 0.1) is 5.25 Å². The van der Waals surface area contributed by atoms with Crippen LogP contribution in [0.1, 0.15) is 46.0 Å². The van der Waals surface area contributed by atoms with Crippen LogP contribution in [0.5, 0.6) is 0 Å². The van der Waals surface area contributed by atoms with Crippen LogP contribution in [0.4, 0.5) is 0 Å². The summed E-state index contributed by atoms with van der Waals surface area (Å²) in [5.41, 5.74) is 0. The highest BCUT2D eigenvalue weighted by atomic mass is 32.2. The Morgan fingerprint density at radius 1 is 1.18 bits per heavy atom. The van der Waals surface area contributed by atoms with Crippen LogP contribution in [0, 0.1) is 23.7 Å². The number of piperidine rings is 2. The predicted molar refractivity (Wildman–Crippen MR) is 113 cm³/mol. The average molecular weight is 409 g/mol. The maximum atomic E-state index is 13.3. The first kappa shape index (κ1) is 20.5. The van der Waals surface area contributed by atoms with Crippen LogP contribution in [-0.2, 0) is 9.59 Å². The first-order chi connectivity index (χ1) is 13.4. The third-order valence-electron chi connectivity index (χ3n) is 7.72. The summed E-state index contributed by atoms with van der Waals surface area (Å²) in [7, 11) is 2.02. The summed E-state index contributed by atoms with van der Waals surface area (Å²) >= 11 is 1.69. The molecule has 0 aromatic rings. The number of rotatable bonds is 3. The molecule has 6 nitrogen and oxygen atoms in total. The minimum atomic E-state index is 0.0382. The highest BCUT2D eigenvalue weighted by molar-refractivity contribution is 8.00. The highest BCUT2D eigenvalue weighted by Crippen LogP contribution is 2.43. The van der Waals surface area contributed by atoms with Crippen LogP contribution >= 0.6 is 11.8 Å². The quantitative estimate of drug-likeness (QED) is 0.659. The molecule has 7 heteroatoms. The summed E-state index contributed by atoms with van der Waals surface area (Å²) in [6, 6.07) is 1.10. The number of nitrogens with one attached hydrogen (secondary N) is 3. The number of hydrogen-bond donors (Lipinski definition) is 3. The topological polar surface area (TPSA) is 73.5 Å². The van der Waals surface area contributed by atoms with Crippen LogP contribution in [-0.4, -0.2) is 66.1 Å². The van der Waals surface area contributed by atoms with Gasteiger partial charge in [0, 0.05) is 50.1 Å². The Hall–Kier alpha value is -0.790. The van der Waals surface area contributed by atoms with Gasteiger partial charge in [0.1, 0.15) is 0 Å². The van der Waals surface area contributed by atoms with E-state index in [9.17, 15) is 9.59 Å². The third-order valence-corrected chi connectivity index (χ3v) is 8.87. The number of carbonyl (C=O) groups excluding carboxylic acids is 2. The molecule has 0 aromatic carbocycles. The number of likely N-dealkylation sites (tertiary alicyclic amines) is 1. The van der Waals surface area contributed by atoms with E-state index >= 15 is 0 Å². The molecule has 0 spiro atoms. The van der Waals surface area contributed by atoms with Gasteiger partial charge in [-0.1, -0.05) is 6.92 Å². The van der Waals surface area contributed by atoms with Crippen LogP contribution in [0.2, 0.25) is 0 Å². The highest BCUT2D eigenvalue weighted by Gasteiger charge is 2.47. The SMILES string of the molecule is CC1CC2C(CN1)CC(C1CC(NC(=O)C3CNCS3)CCC1C)C(=O)N2C. The zero-order valence-corrected chi connectivity index (χ0v) is 18.3. The summed E-state index contributed by atoms with van der Waals surface area (Å²) < 4.78 is 0. The molecule has 0 bridgehead atoms. The zero-order valence-electron chi connectivity index (χ0n) is 17.4. The van der Waals surface area contributed by atoms with Crippen LogP contribution in [0.15, 0.2) is 0 Å². The lowest BCUT2D eigenvalue weighted by Crippen LogP contribution is -2.60. The minimum Gasteiger partial charge on any atom is -0.352 e. The van der Waals surface area contributed by atoms with Crippen molar-refractivity contribution in [3.63, 3.8) is 0 Å². The normalized spacial score (nSPS) is 44.2. The number of fused-ring (bicyclic) bond motifs is 1. The van der Waals surface area contributed by atoms with E-state index in [0.29, 0.717) is 35.7 Å². The van der Waals surface area contributed by atoms with Gasteiger partial charge >= 0.3 is 0 Å². The van der Waals surface area contributed by atoms with E-state index in [1.165, 1.54) is 0 Å². The van der Waals surface area contributed by atoms with Crippen molar-refractivity contribution in [3.05, 3.63) is 0 Å². The van der Waals surface area contributed by atoms with E-state index < -0.39 is 0 Å². The summed E-state index contributed by atoms with van der Waals surface area (Å²) in [5, 5.41) is 10.2. The van der Waals surface area contributed by atoms with Crippen LogP contribution in [0.3, 0.4) is 0 Å². The summed E-state index contributed by atoms with van der Waals surface area (Å²) in [5.74, 6) is 2.97. The number of hydrogen-bond acceptors (Lipinski definition) is 5. The fraction of sp³-hybridized carbons (Fsp3) is 0.905. The van der Waals surface area contributed by atoms with Gasteiger partial charge in [0.15, 0.2) is 0 Å². The Bertz CT molecular complexity index is 597. The molecular weight excluding hydrogens is 372 g/mol. The summed E-state index contributed by atoms with van der Waals surface area (Å²) in [6.45, 7) is 6.31. The number of amides is 2. The molecule has 0 radical (unpaired) electrons. The molecule has 4 fully saturated rings. The maximum absolute atomic E-state index is 13.3. The molecule has 3 heterocycles. The average Bonchev–Trinajstić information content (AvgIpc) is 3.22. The molecular formula is C21H36N4O2S. The number of thioether (sulfide) groups is 1. The first-order valence-corrected chi connectivity index (χ1v) is 12.1. The lowest BCUT2D eigenvalue weighted by Gasteiger charge is -2.50. The Morgan fingerprint density at radius 2 is 2.00 bits per heavy atom. The van der Waals surface area contributed by atoms with E-state index in [4.69, 9.17) is 0 Å².